The highest BCUT2D eigenvalue weighted by atomic mass is 16.5. The first-order valence-corrected chi connectivity index (χ1v) is 7.07. The molecule has 106 valence electrons. The van der Waals surface area contributed by atoms with Crippen LogP contribution in [0.4, 0.5) is 0 Å². The molecule has 1 aromatic carbocycles. The topological polar surface area (TPSA) is 51.2 Å². The Morgan fingerprint density at radius 2 is 2.05 bits per heavy atom. The lowest BCUT2D eigenvalue weighted by atomic mass is 10.1. The van der Waals surface area contributed by atoms with E-state index in [1.54, 1.807) is 6.07 Å². The van der Waals surface area contributed by atoms with Gasteiger partial charge in [-0.05, 0) is 18.9 Å². The van der Waals surface area contributed by atoms with Crippen LogP contribution in [0.3, 0.4) is 0 Å². The molecule has 0 spiro atoms. The van der Waals surface area contributed by atoms with E-state index in [9.17, 15) is 4.79 Å². The third-order valence-corrected chi connectivity index (χ3v) is 2.93. The van der Waals surface area contributed by atoms with Crippen LogP contribution in [-0.2, 0) is 0 Å². The number of carbonyl (C=O) groups is 1. The van der Waals surface area contributed by atoms with Crippen LogP contribution < -0.4 is 10.1 Å². The van der Waals surface area contributed by atoms with E-state index in [1.807, 2.05) is 38.1 Å². The highest BCUT2D eigenvalue weighted by Crippen LogP contribution is 2.22. The quantitative estimate of drug-likeness (QED) is 0.878. The monoisotopic (exact) mass is 272 g/mol. The average molecular weight is 272 g/mol. The molecule has 20 heavy (non-hydrogen) atoms. The number of carbonyl (C=O) groups excluding carboxylic acids is 1. The van der Waals surface area contributed by atoms with Gasteiger partial charge in [-0.25, -0.2) is 4.98 Å². The molecule has 1 heterocycles. The zero-order valence-electron chi connectivity index (χ0n) is 12.0. The number of amides is 1. The van der Waals surface area contributed by atoms with Crippen LogP contribution in [0.2, 0.25) is 0 Å². The van der Waals surface area contributed by atoms with Gasteiger partial charge in [0.05, 0.1) is 17.7 Å². The Balaban J connectivity index is 2.40. The molecule has 0 aliphatic rings. The molecule has 0 atom stereocenters. The SMILES string of the molecule is CCCNC(=O)c1cc(OCCC)nc2ccccc12. The van der Waals surface area contributed by atoms with Gasteiger partial charge in [-0.3, -0.25) is 4.79 Å². The Kier molecular flexibility index (Phi) is 4.93. The molecule has 0 saturated carbocycles. The average Bonchev–Trinajstić information content (AvgIpc) is 2.49. The molecule has 0 fully saturated rings. The van der Waals surface area contributed by atoms with Gasteiger partial charge >= 0.3 is 0 Å². The zero-order chi connectivity index (χ0) is 14.4. The summed E-state index contributed by atoms with van der Waals surface area (Å²) in [7, 11) is 0. The molecule has 2 aromatic rings. The summed E-state index contributed by atoms with van der Waals surface area (Å²) in [5, 5.41) is 3.75. The van der Waals surface area contributed by atoms with Crippen molar-refractivity contribution >= 4 is 16.8 Å². The predicted molar refractivity (Wildman–Crippen MR) is 80.2 cm³/mol. The normalized spacial score (nSPS) is 10.5. The number of nitrogens with one attached hydrogen (secondary N) is 1. The Morgan fingerprint density at radius 3 is 2.80 bits per heavy atom. The van der Waals surface area contributed by atoms with Gasteiger partial charge in [0.15, 0.2) is 0 Å². The van der Waals surface area contributed by atoms with E-state index < -0.39 is 0 Å². The molecule has 1 amide bonds. The Labute approximate surface area is 119 Å². The molecule has 0 radical (unpaired) electrons. The second kappa shape index (κ2) is 6.89. The van der Waals surface area contributed by atoms with Gasteiger partial charge in [0.25, 0.3) is 5.91 Å². The number of hydrogen-bond acceptors (Lipinski definition) is 3. The molecule has 1 aromatic heterocycles. The third-order valence-electron chi connectivity index (χ3n) is 2.93. The summed E-state index contributed by atoms with van der Waals surface area (Å²) >= 11 is 0. The highest BCUT2D eigenvalue weighted by molar-refractivity contribution is 6.06. The molecule has 4 nitrogen and oxygen atoms in total. The van der Waals surface area contributed by atoms with Crippen molar-refractivity contribution in [3.63, 3.8) is 0 Å². The van der Waals surface area contributed by atoms with E-state index >= 15 is 0 Å². The van der Waals surface area contributed by atoms with Crippen LogP contribution in [0.5, 0.6) is 5.88 Å². The minimum Gasteiger partial charge on any atom is -0.478 e. The van der Waals surface area contributed by atoms with Crippen LogP contribution in [0.1, 0.15) is 37.0 Å². The van der Waals surface area contributed by atoms with Crippen LogP contribution >= 0.6 is 0 Å². The molecule has 2 rings (SSSR count). The number of fused-ring (bicyclic) bond motifs is 1. The fourth-order valence-electron chi connectivity index (χ4n) is 1.95. The molecule has 1 N–H and O–H groups in total. The van der Waals surface area contributed by atoms with Crippen molar-refractivity contribution in [2.24, 2.45) is 0 Å². The van der Waals surface area contributed by atoms with Crippen molar-refractivity contribution in [1.29, 1.82) is 0 Å². The first-order valence-electron chi connectivity index (χ1n) is 7.07. The first kappa shape index (κ1) is 14.3. The van der Waals surface area contributed by atoms with Gasteiger partial charge in [-0.15, -0.1) is 0 Å². The standard InChI is InChI=1S/C16H20N2O2/c1-3-9-17-16(19)13-11-15(20-10-4-2)18-14-8-6-5-7-12(13)14/h5-8,11H,3-4,9-10H2,1-2H3,(H,17,19). The van der Waals surface area contributed by atoms with Crippen molar-refractivity contribution < 1.29 is 9.53 Å². The second-order valence-corrected chi connectivity index (χ2v) is 4.63. The van der Waals surface area contributed by atoms with Gasteiger partial charge in [0.2, 0.25) is 5.88 Å². The van der Waals surface area contributed by atoms with Crippen molar-refractivity contribution in [1.82, 2.24) is 10.3 Å². The summed E-state index contributed by atoms with van der Waals surface area (Å²) in [5.74, 6) is 0.430. The van der Waals surface area contributed by atoms with E-state index in [1.165, 1.54) is 0 Å². The number of aromatic nitrogens is 1. The maximum absolute atomic E-state index is 12.2. The summed E-state index contributed by atoms with van der Waals surface area (Å²) in [5.41, 5.74) is 1.40. The summed E-state index contributed by atoms with van der Waals surface area (Å²) in [6.45, 7) is 5.33. The van der Waals surface area contributed by atoms with Gasteiger partial charge in [0, 0.05) is 18.0 Å². The highest BCUT2D eigenvalue weighted by Gasteiger charge is 2.12. The lowest BCUT2D eigenvalue weighted by Crippen LogP contribution is -2.24. The molecular weight excluding hydrogens is 252 g/mol. The van der Waals surface area contributed by atoms with Gasteiger partial charge in [-0.1, -0.05) is 32.0 Å². The van der Waals surface area contributed by atoms with Crippen LogP contribution in [0, 0.1) is 0 Å². The number of rotatable bonds is 6. The smallest absolute Gasteiger partial charge is 0.252 e. The van der Waals surface area contributed by atoms with Crippen LogP contribution in [0.15, 0.2) is 30.3 Å². The predicted octanol–water partition coefficient (Wildman–Crippen LogP) is 3.16. The van der Waals surface area contributed by atoms with Crippen molar-refractivity contribution in [3.05, 3.63) is 35.9 Å². The van der Waals surface area contributed by atoms with Crippen LogP contribution in [-0.4, -0.2) is 24.0 Å². The summed E-state index contributed by atoms with van der Waals surface area (Å²) in [6, 6.07) is 9.35. The molecule has 0 unspecified atom stereocenters. The molecule has 0 aliphatic carbocycles. The van der Waals surface area contributed by atoms with Crippen molar-refractivity contribution in [2.45, 2.75) is 26.7 Å². The minimum atomic E-state index is -0.0770. The number of nitrogens with zero attached hydrogens (tertiary/aromatic N) is 1. The van der Waals surface area contributed by atoms with Gasteiger partial charge < -0.3 is 10.1 Å². The number of para-hydroxylation sites is 1. The summed E-state index contributed by atoms with van der Waals surface area (Å²) in [4.78, 5) is 16.7. The number of ether oxygens (including phenoxy) is 1. The van der Waals surface area contributed by atoms with Crippen molar-refractivity contribution in [3.8, 4) is 5.88 Å². The first-order chi connectivity index (χ1) is 9.76. The van der Waals surface area contributed by atoms with Crippen LogP contribution in [0.25, 0.3) is 10.9 Å². The minimum absolute atomic E-state index is 0.0770. The van der Waals surface area contributed by atoms with E-state index in [0.29, 0.717) is 24.6 Å². The number of benzene rings is 1. The molecule has 0 aliphatic heterocycles. The summed E-state index contributed by atoms with van der Waals surface area (Å²) in [6.07, 6.45) is 1.82. The number of hydrogen-bond donors (Lipinski definition) is 1. The second-order valence-electron chi connectivity index (χ2n) is 4.63. The molecular formula is C16H20N2O2. The zero-order valence-corrected chi connectivity index (χ0v) is 12.0. The van der Waals surface area contributed by atoms with Crippen molar-refractivity contribution in [2.75, 3.05) is 13.2 Å². The number of pyridine rings is 1. The lowest BCUT2D eigenvalue weighted by molar-refractivity contribution is 0.0954. The largest absolute Gasteiger partial charge is 0.478 e. The van der Waals surface area contributed by atoms with Gasteiger partial charge in [0.1, 0.15) is 0 Å². The maximum atomic E-state index is 12.2. The molecule has 4 heteroatoms. The molecule has 0 saturated heterocycles. The van der Waals surface area contributed by atoms with E-state index in [0.717, 1.165) is 23.7 Å². The van der Waals surface area contributed by atoms with Gasteiger partial charge in [-0.2, -0.15) is 0 Å². The third kappa shape index (κ3) is 3.26. The van der Waals surface area contributed by atoms with E-state index in [2.05, 4.69) is 10.3 Å². The Hall–Kier alpha value is -2.10. The Bertz CT molecular complexity index is 596. The fraction of sp³-hybridized carbons (Fsp3) is 0.375. The molecule has 0 bridgehead atoms. The van der Waals surface area contributed by atoms with E-state index in [4.69, 9.17) is 4.74 Å². The maximum Gasteiger partial charge on any atom is 0.252 e. The lowest BCUT2D eigenvalue weighted by Gasteiger charge is -2.10. The summed E-state index contributed by atoms with van der Waals surface area (Å²) < 4.78 is 5.57. The van der Waals surface area contributed by atoms with E-state index in [-0.39, 0.29) is 5.91 Å². The Morgan fingerprint density at radius 1 is 1.25 bits per heavy atom. The fourth-order valence-corrected chi connectivity index (χ4v) is 1.95.